The van der Waals surface area contributed by atoms with Crippen LogP contribution in [0.1, 0.15) is 29.4 Å². The van der Waals surface area contributed by atoms with Crippen molar-refractivity contribution in [2.75, 3.05) is 13.1 Å². The first-order valence-electron chi connectivity index (χ1n) is 7.06. The summed E-state index contributed by atoms with van der Waals surface area (Å²) in [7, 11) is 0. The first-order chi connectivity index (χ1) is 10.1. The molecule has 0 radical (unpaired) electrons. The van der Waals surface area contributed by atoms with Gasteiger partial charge in [-0.25, -0.2) is 4.39 Å². The largest absolute Gasteiger partial charge is 0.316 e. The van der Waals surface area contributed by atoms with E-state index in [1.165, 1.54) is 17.7 Å². The van der Waals surface area contributed by atoms with E-state index in [4.69, 9.17) is 23.2 Å². The average Bonchev–Trinajstić information content (AvgIpc) is 2.48. The van der Waals surface area contributed by atoms with Crippen LogP contribution in [0.4, 0.5) is 4.39 Å². The van der Waals surface area contributed by atoms with Crippen LogP contribution in [0, 0.1) is 5.82 Å². The Kier molecular flexibility index (Phi) is 4.48. The Bertz CT molecular complexity index is 627. The maximum absolute atomic E-state index is 13.3. The van der Waals surface area contributed by atoms with E-state index in [1.54, 1.807) is 0 Å². The molecule has 21 heavy (non-hydrogen) atoms. The summed E-state index contributed by atoms with van der Waals surface area (Å²) < 4.78 is 13.3. The predicted octanol–water partition coefficient (Wildman–Crippen LogP) is 4.99. The van der Waals surface area contributed by atoms with Crippen molar-refractivity contribution in [2.24, 2.45) is 0 Å². The van der Waals surface area contributed by atoms with Crippen LogP contribution in [-0.2, 0) is 0 Å². The van der Waals surface area contributed by atoms with Crippen molar-refractivity contribution < 1.29 is 4.39 Å². The van der Waals surface area contributed by atoms with E-state index in [2.05, 4.69) is 17.4 Å². The van der Waals surface area contributed by atoms with E-state index < -0.39 is 0 Å². The molecule has 2 aromatic rings. The van der Waals surface area contributed by atoms with E-state index in [9.17, 15) is 4.39 Å². The Balaban J connectivity index is 1.96. The maximum atomic E-state index is 13.3. The molecule has 0 spiro atoms. The Morgan fingerprint density at radius 2 is 1.76 bits per heavy atom. The molecule has 1 N–H and O–H groups in total. The SMILES string of the molecule is Fc1ccc(C2CCNCC2c2ccc(Cl)cc2)c(Cl)c1. The minimum absolute atomic E-state index is 0.291. The summed E-state index contributed by atoms with van der Waals surface area (Å²) in [5.74, 6) is 0.320. The lowest BCUT2D eigenvalue weighted by Crippen LogP contribution is -2.34. The number of rotatable bonds is 2. The van der Waals surface area contributed by atoms with Gasteiger partial charge in [0.1, 0.15) is 5.82 Å². The Labute approximate surface area is 134 Å². The van der Waals surface area contributed by atoms with Gasteiger partial charge < -0.3 is 5.32 Å². The second kappa shape index (κ2) is 6.35. The number of benzene rings is 2. The fraction of sp³-hybridized carbons (Fsp3) is 0.294. The van der Waals surface area contributed by atoms with Gasteiger partial charge in [0, 0.05) is 22.5 Å². The fourth-order valence-corrected chi connectivity index (χ4v) is 3.53. The topological polar surface area (TPSA) is 12.0 Å². The molecule has 3 rings (SSSR count). The molecule has 1 saturated heterocycles. The number of nitrogens with one attached hydrogen (secondary N) is 1. The van der Waals surface area contributed by atoms with Crippen LogP contribution in [-0.4, -0.2) is 13.1 Å². The van der Waals surface area contributed by atoms with E-state index in [1.807, 2.05) is 18.2 Å². The zero-order chi connectivity index (χ0) is 14.8. The number of hydrogen-bond donors (Lipinski definition) is 1. The van der Waals surface area contributed by atoms with Crippen LogP contribution >= 0.6 is 23.2 Å². The lowest BCUT2D eigenvalue weighted by Gasteiger charge is -2.33. The highest BCUT2D eigenvalue weighted by molar-refractivity contribution is 6.31. The van der Waals surface area contributed by atoms with Crippen LogP contribution in [0.5, 0.6) is 0 Å². The molecule has 0 aromatic heterocycles. The molecule has 2 aromatic carbocycles. The normalized spacial score (nSPS) is 22.2. The molecule has 0 bridgehead atoms. The second-order valence-electron chi connectivity index (χ2n) is 5.42. The lowest BCUT2D eigenvalue weighted by molar-refractivity contribution is 0.404. The summed E-state index contributed by atoms with van der Waals surface area (Å²) in [6, 6.07) is 12.6. The summed E-state index contributed by atoms with van der Waals surface area (Å²) in [6.07, 6.45) is 0.985. The van der Waals surface area contributed by atoms with Crippen LogP contribution in [0.25, 0.3) is 0 Å². The molecule has 110 valence electrons. The molecule has 1 aliphatic heterocycles. The third-order valence-electron chi connectivity index (χ3n) is 4.14. The van der Waals surface area contributed by atoms with Gasteiger partial charge >= 0.3 is 0 Å². The van der Waals surface area contributed by atoms with Gasteiger partial charge in [-0.1, -0.05) is 41.4 Å². The Morgan fingerprint density at radius 3 is 2.48 bits per heavy atom. The molecular formula is C17H16Cl2FN. The molecule has 0 saturated carbocycles. The monoisotopic (exact) mass is 323 g/mol. The fourth-order valence-electron chi connectivity index (χ4n) is 3.09. The van der Waals surface area contributed by atoms with Gasteiger partial charge in [0.25, 0.3) is 0 Å². The standard InChI is InChI=1S/C17H16Cl2FN/c18-12-3-1-11(2-4-12)16-10-21-8-7-14(16)15-6-5-13(20)9-17(15)19/h1-6,9,14,16,21H,7-8,10H2. The maximum Gasteiger partial charge on any atom is 0.124 e. The van der Waals surface area contributed by atoms with Crippen LogP contribution in [0.15, 0.2) is 42.5 Å². The smallest absolute Gasteiger partial charge is 0.124 e. The molecule has 1 aliphatic rings. The average molecular weight is 324 g/mol. The van der Waals surface area contributed by atoms with Crippen molar-refractivity contribution in [1.29, 1.82) is 0 Å². The summed E-state index contributed by atoms with van der Waals surface area (Å²) in [4.78, 5) is 0. The van der Waals surface area contributed by atoms with Crippen molar-refractivity contribution in [3.05, 3.63) is 69.5 Å². The molecule has 0 aliphatic carbocycles. The molecule has 1 nitrogen and oxygen atoms in total. The van der Waals surface area contributed by atoms with Gasteiger partial charge in [-0.15, -0.1) is 0 Å². The number of hydrogen-bond acceptors (Lipinski definition) is 1. The van der Waals surface area contributed by atoms with Gasteiger partial charge in [-0.2, -0.15) is 0 Å². The van der Waals surface area contributed by atoms with Crippen molar-refractivity contribution in [1.82, 2.24) is 5.32 Å². The van der Waals surface area contributed by atoms with Crippen molar-refractivity contribution in [3.8, 4) is 0 Å². The van der Waals surface area contributed by atoms with Gasteiger partial charge in [-0.3, -0.25) is 0 Å². The highest BCUT2D eigenvalue weighted by Gasteiger charge is 2.29. The highest BCUT2D eigenvalue weighted by atomic mass is 35.5. The molecule has 1 heterocycles. The minimum atomic E-state index is -0.291. The van der Waals surface area contributed by atoms with Crippen molar-refractivity contribution in [3.63, 3.8) is 0 Å². The van der Waals surface area contributed by atoms with E-state index in [0.717, 1.165) is 30.1 Å². The van der Waals surface area contributed by atoms with Gasteiger partial charge in [0.15, 0.2) is 0 Å². The number of piperidine rings is 1. The van der Waals surface area contributed by atoms with Crippen LogP contribution in [0.2, 0.25) is 10.0 Å². The quantitative estimate of drug-likeness (QED) is 0.820. The molecular weight excluding hydrogens is 308 g/mol. The summed E-state index contributed by atoms with van der Waals surface area (Å²) in [6.45, 7) is 1.84. The minimum Gasteiger partial charge on any atom is -0.316 e. The highest BCUT2D eigenvalue weighted by Crippen LogP contribution is 2.40. The zero-order valence-corrected chi connectivity index (χ0v) is 13.0. The molecule has 0 amide bonds. The van der Waals surface area contributed by atoms with Crippen molar-refractivity contribution >= 4 is 23.2 Å². The molecule has 2 atom stereocenters. The molecule has 2 unspecified atom stereocenters. The van der Waals surface area contributed by atoms with E-state index >= 15 is 0 Å². The van der Waals surface area contributed by atoms with Gasteiger partial charge in [-0.05, 0) is 54.3 Å². The zero-order valence-electron chi connectivity index (χ0n) is 11.5. The third-order valence-corrected chi connectivity index (χ3v) is 4.72. The van der Waals surface area contributed by atoms with Crippen molar-refractivity contribution in [2.45, 2.75) is 18.3 Å². The number of halogens is 3. The van der Waals surface area contributed by atoms with E-state index in [-0.39, 0.29) is 5.82 Å². The Hall–Kier alpha value is -1.09. The summed E-state index contributed by atoms with van der Waals surface area (Å²) in [5.41, 5.74) is 2.26. The molecule has 1 fully saturated rings. The summed E-state index contributed by atoms with van der Waals surface area (Å²) in [5, 5.41) is 4.68. The predicted molar refractivity (Wildman–Crippen MR) is 85.8 cm³/mol. The third kappa shape index (κ3) is 3.23. The van der Waals surface area contributed by atoms with Gasteiger partial charge in [0.05, 0.1) is 0 Å². The molecule has 4 heteroatoms. The van der Waals surface area contributed by atoms with Crippen LogP contribution < -0.4 is 5.32 Å². The first-order valence-corrected chi connectivity index (χ1v) is 7.82. The van der Waals surface area contributed by atoms with Crippen LogP contribution in [0.3, 0.4) is 0 Å². The first kappa shape index (κ1) is 14.8. The second-order valence-corrected chi connectivity index (χ2v) is 6.27. The lowest BCUT2D eigenvalue weighted by atomic mass is 9.77. The summed E-state index contributed by atoms with van der Waals surface area (Å²) >= 11 is 12.2. The Morgan fingerprint density at radius 1 is 1.00 bits per heavy atom. The van der Waals surface area contributed by atoms with Gasteiger partial charge in [0.2, 0.25) is 0 Å². The van der Waals surface area contributed by atoms with E-state index in [0.29, 0.717) is 16.9 Å².